The van der Waals surface area contributed by atoms with Gasteiger partial charge < -0.3 is 20.1 Å². The van der Waals surface area contributed by atoms with Gasteiger partial charge in [0.2, 0.25) is 5.76 Å². The van der Waals surface area contributed by atoms with Gasteiger partial charge in [0.15, 0.2) is 0 Å². The van der Waals surface area contributed by atoms with Crippen LogP contribution in [0.25, 0.3) is 0 Å². The molecule has 1 aromatic rings. The largest absolute Gasteiger partial charge is 0.494 e. The lowest BCUT2D eigenvalue weighted by Crippen LogP contribution is -2.32. The van der Waals surface area contributed by atoms with Gasteiger partial charge in [-0.15, -0.1) is 0 Å². The molecule has 0 saturated carbocycles. The highest BCUT2D eigenvalue weighted by Crippen LogP contribution is 2.34. The summed E-state index contributed by atoms with van der Waals surface area (Å²) >= 11 is 0. The number of amides is 1. The van der Waals surface area contributed by atoms with Crippen molar-refractivity contribution in [2.45, 2.75) is 6.18 Å². The average Bonchev–Trinajstić information content (AvgIpc) is 2.58. The summed E-state index contributed by atoms with van der Waals surface area (Å²) in [7, 11) is 0. The highest BCUT2D eigenvalue weighted by Gasteiger charge is 2.33. The van der Waals surface area contributed by atoms with Gasteiger partial charge in [0.05, 0.1) is 10.5 Å². The van der Waals surface area contributed by atoms with E-state index in [4.69, 9.17) is 9.47 Å². The molecule has 1 aliphatic rings. The number of rotatable bonds is 6. The number of hydrogen-bond donors (Lipinski definition) is 2. The average molecular weight is 361 g/mol. The van der Waals surface area contributed by atoms with Crippen molar-refractivity contribution in [2.24, 2.45) is 0 Å². The SMILES string of the molecule is O=C(NCCNc1ccc(C(F)(F)F)cc1[N+](=O)[O-])C1=COCCO1. The lowest BCUT2D eigenvalue weighted by Gasteiger charge is -2.15. The molecule has 0 aromatic heterocycles. The van der Waals surface area contributed by atoms with Gasteiger partial charge in [-0.1, -0.05) is 0 Å². The highest BCUT2D eigenvalue weighted by molar-refractivity contribution is 5.91. The first-order valence-corrected chi connectivity index (χ1v) is 7.11. The molecule has 0 radical (unpaired) electrons. The van der Waals surface area contributed by atoms with Crippen LogP contribution < -0.4 is 10.6 Å². The normalized spacial score (nSPS) is 14.0. The molecule has 0 atom stereocenters. The third-order valence-electron chi connectivity index (χ3n) is 3.12. The molecule has 25 heavy (non-hydrogen) atoms. The number of nitrogens with one attached hydrogen (secondary N) is 2. The Morgan fingerprint density at radius 1 is 1.28 bits per heavy atom. The summed E-state index contributed by atoms with van der Waals surface area (Å²) in [5, 5.41) is 16.0. The fourth-order valence-electron chi connectivity index (χ4n) is 1.96. The van der Waals surface area contributed by atoms with Crippen molar-refractivity contribution in [3.05, 3.63) is 45.9 Å². The van der Waals surface area contributed by atoms with Crippen molar-refractivity contribution in [1.82, 2.24) is 5.32 Å². The zero-order valence-corrected chi connectivity index (χ0v) is 12.8. The third-order valence-corrected chi connectivity index (χ3v) is 3.12. The van der Waals surface area contributed by atoms with Crippen LogP contribution in [0, 0.1) is 10.1 Å². The number of anilines is 1. The predicted molar refractivity (Wildman–Crippen MR) is 79.6 cm³/mol. The van der Waals surface area contributed by atoms with Gasteiger partial charge in [0.1, 0.15) is 25.2 Å². The van der Waals surface area contributed by atoms with Crippen LogP contribution in [0.4, 0.5) is 24.5 Å². The Morgan fingerprint density at radius 3 is 2.64 bits per heavy atom. The Balaban J connectivity index is 1.93. The Bertz CT molecular complexity index is 691. The zero-order chi connectivity index (χ0) is 18.4. The van der Waals surface area contributed by atoms with Crippen LogP contribution in [-0.4, -0.2) is 37.1 Å². The predicted octanol–water partition coefficient (Wildman–Crippen LogP) is 2.03. The topological polar surface area (TPSA) is 103 Å². The van der Waals surface area contributed by atoms with E-state index in [2.05, 4.69) is 10.6 Å². The van der Waals surface area contributed by atoms with Crippen molar-refractivity contribution in [3.8, 4) is 0 Å². The first-order chi connectivity index (χ1) is 11.8. The molecule has 0 bridgehead atoms. The number of ether oxygens (including phenoxy) is 2. The Morgan fingerprint density at radius 2 is 2.04 bits per heavy atom. The Kier molecular flexibility index (Phi) is 5.67. The van der Waals surface area contributed by atoms with Crippen LogP contribution in [0.15, 0.2) is 30.2 Å². The van der Waals surface area contributed by atoms with E-state index in [1.54, 1.807) is 0 Å². The van der Waals surface area contributed by atoms with Crippen LogP contribution in [0.1, 0.15) is 5.56 Å². The molecular formula is C14H14F3N3O5. The molecule has 0 fully saturated rings. The quantitative estimate of drug-likeness (QED) is 0.457. The number of benzene rings is 1. The van der Waals surface area contributed by atoms with E-state index in [-0.39, 0.29) is 31.1 Å². The summed E-state index contributed by atoms with van der Waals surface area (Å²) in [4.78, 5) is 21.7. The minimum atomic E-state index is -4.67. The second-order valence-electron chi connectivity index (χ2n) is 4.87. The van der Waals surface area contributed by atoms with Crippen molar-refractivity contribution in [1.29, 1.82) is 0 Å². The molecule has 0 spiro atoms. The number of nitro benzene ring substituents is 1. The summed E-state index contributed by atoms with van der Waals surface area (Å²) in [5.74, 6) is -0.518. The van der Waals surface area contributed by atoms with Crippen LogP contribution >= 0.6 is 0 Å². The lowest BCUT2D eigenvalue weighted by atomic mass is 10.1. The molecule has 1 aliphatic heterocycles. The maximum absolute atomic E-state index is 12.6. The summed E-state index contributed by atoms with van der Waals surface area (Å²) in [6.45, 7) is 0.717. The summed E-state index contributed by atoms with van der Waals surface area (Å²) in [6.07, 6.45) is -3.50. The number of nitrogens with zero attached hydrogens (tertiary/aromatic N) is 1. The van der Waals surface area contributed by atoms with E-state index in [1.165, 1.54) is 6.26 Å². The van der Waals surface area contributed by atoms with E-state index < -0.39 is 28.3 Å². The maximum atomic E-state index is 12.6. The second kappa shape index (κ2) is 7.73. The molecule has 1 aromatic carbocycles. The van der Waals surface area contributed by atoms with E-state index in [0.717, 1.165) is 12.1 Å². The number of nitro groups is 1. The van der Waals surface area contributed by atoms with Crippen molar-refractivity contribution in [2.75, 3.05) is 31.6 Å². The van der Waals surface area contributed by atoms with Gasteiger partial charge in [0.25, 0.3) is 11.6 Å². The van der Waals surface area contributed by atoms with Crippen LogP contribution in [-0.2, 0) is 20.4 Å². The summed E-state index contributed by atoms with van der Waals surface area (Å²) < 4.78 is 47.8. The Hall–Kier alpha value is -2.98. The monoisotopic (exact) mass is 361 g/mol. The molecule has 11 heteroatoms. The van der Waals surface area contributed by atoms with E-state index in [9.17, 15) is 28.1 Å². The molecule has 2 N–H and O–H groups in total. The smallest absolute Gasteiger partial charge is 0.416 e. The van der Waals surface area contributed by atoms with Crippen molar-refractivity contribution >= 4 is 17.3 Å². The van der Waals surface area contributed by atoms with Crippen molar-refractivity contribution < 1.29 is 32.4 Å². The minimum absolute atomic E-state index is 0.00626. The lowest BCUT2D eigenvalue weighted by molar-refractivity contribution is -0.384. The van der Waals surface area contributed by atoms with Crippen LogP contribution in [0.5, 0.6) is 0 Å². The van der Waals surface area contributed by atoms with E-state index in [0.29, 0.717) is 12.7 Å². The van der Waals surface area contributed by atoms with Gasteiger partial charge in [-0.2, -0.15) is 13.2 Å². The molecule has 0 unspecified atom stereocenters. The first-order valence-electron chi connectivity index (χ1n) is 7.11. The van der Waals surface area contributed by atoms with Crippen molar-refractivity contribution in [3.63, 3.8) is 0 Å². The second-order valence-corrected chi connectivity index (χ2v) is 4.87. The Labute approximate surface area is 139 Å². The van der Waals surface area contributed by atoms with E-state index in [1.807, 2.05) is 0 Å². The van der Waals surface area contributed by atoms with Gasteiger partial charge >= 0.3 is 6.18 Å². The highest BCUT2D eigenvalue weighted by atomic mass is 19.4. The number of halogens is 3. The fraction of sp³-hybridized carbons (Fsp3) is 0.357. The first kappa shape index (κ1) is 18.4. The number of carbonyl (C=O) groups is 1. The summed E-state index contributed by atoms with van der Waals surface area (Å²) in [6, 6.07) is 2.17. The molecular weight excluding hydrogens is 347 g/mol. The van der Waals surface area contributed by atoms with Gasteiger partial charge in [-0.3, -0.25) is 14.9 Å². The maximum Gasteiger partial charge on any atom is 0.416 e. The van der Waals surface area contributed by atoms with Gasteiger partial charge in [-0.05, 0) is 12.1 Å². The van der Waals surface area contributed by atoms with E-state index >= 15 is 0 Å². The molecule has 0 aliphatic carbocycles. The number of carbonyl (C=O) groups excluding carboxylic acids is 1. The van der Waals surface area contributed by atoms with Gasteiger partial charge in [-0.25, -0.2) is 0 Å². The molecule has 2 rings (SSSR count). The molecule has 8 nitrogen and oxygen atoms in total. The molecule has 1 heterocycles. The number of alkyl halides is 3. The van der Waals surface area contributed by atoms with Crippen LogP contribution in [0.3, 0.4) is 0 Å². The fourth-order valence-corrected chi connectivity index (χ4v) is 1.96. The number of hydrogen-bond acceptors (Lipinski definition) is 6. The zero-order valence-electron chi connectivity index (χ0n) is 12.8. The minimum Gasteiger partial charge on any atom is -0.494 e. The van der Waals surface area contributed by atoms with Gasteiger partial charge in [0, 0.05) is 19.2 Å². The standard InChI is InChI=1S/C14H14F3N3O5/c15-14(16,17)9-1-2-10(11(7-9)20(22)23)18-3-4-19-13(21)12-8-24-5-6-25-12/h1-2,7-8,18H,3-6H2,(H,19,21). The third kappa shape index (κ3) is 4.99. The molecule has 1 amide bonds. The molecule has 0 saturated heterocycles. The summed E-state index contributed by atoms with van der Waals surface area (Å²) in [5.41, 5.74) is -1.89. The molecule has 136 valence electrons. The van der Waals surface area contributed by atoms with Crippen LogP contribution in [0.2, 0.25) is 0 Å².